The van der Waals surface area contributed by atoms with Crippen molar-refractivity contribution in [3.8, 4) is 11.3 Å². The van der Waals surface area contributed by atoms with E-state index in [1.165, 1.54) is 21.9 Å². The van der Waals surface area contributed by atoms with E-state index in [1.54, 1.807) is 0 Å². The Morgan fingerprint density at radius 3 is 1.77 bits per heavy atom. The summed E-state index contributed by atoms with van der Waals surface area (Å²) in [6, 6.07) is 23.4. The molecule has 2 nitrogen and oxygen atoms in total. The van der Waals surface area contributed by atoms with E-state index in [1.807, 2.05) is 6.20 Å². The second-order valence-electron chi connectivity index (χ2n) is 6.92. The standard InChI is InChI=1S/C24H18N2/c1-15-11-16(2)13-17(12-15)22-14-25-23-20-9-5-3-7-18(20)19-8-4-6-10-21(19)24(23)26-22/h3-14H,1-2H3. The molecule has 0 saturated carbocycles. The molecule has 124 valence electrons. The van der Waals surface area contributed by atoms with Crippen LogP contribution in [-0.2, 0) is 0 Å². The van der Waals surface area contributed by atoms with Crippen molar-refractivity contribution in [3.05, 3.63) is 84.1 Å². The van der Waals surface area contributed by atoms with Crippen molar-refractivity contribution in [3.63, 3.8) is 0 Å². The lowest BCUT2D eigenvalue weighted by molar-refractivity contribution is 1.29. The minimum absolute atomic E-state index is 0.921. The van der Waals surface area contributed by atoms with Crippen molar-refractivity contribution < 1.29 is 0 Å². The largest absolute Gasteiger partial charge is 0.252 e. The van der Waals surface area contributed by atoms with Gasteiger partial charge in [-0.25, -0.2) is 4.98 Å². The van der Waals surface area contributed by atoms with Crippen LogP contribution in [0.1, 0.15) is 11.1 Å². The van der Waals surface area contributed by atoms with Gasteiger partial charge >= 0.3 is 0 Å². The third-order valence-electron chi connectivity index (χ3n) is 4.94. The molecule has 5 rings (SSSR count). The SMILES string of the molecule is Cc1cc(C)cc(-c2cnc3c4ccccc4c4ccccc4c3n2)c1. The molecule has 0 radical (unpaired) electrons. The first kappa shape index (κ1) is 15.0. The van der Waals surface area contributed by atoms with Gasteiger partial charge in [0.2, 0.25) is 0 Å². The van der Waals surface area contributed by atoms with E-state index in [0.29, 0.717) is 0 Å². The van der Waals surface area contributed by atoms with E-state index in [4.69, 9.17) is 9.97 Å². The van der Waals surface area contributed by atoms with Crippen LogP contribution in [0.15, 0.2) is 72.9 Å². The van der Waals surface area contributed by atoms with Crippen LogP contribution in [0.4, 0.5) is 0 Å². The van der Waals surface area contributed by atoms with Crippen LogP contribution < -0.4 is 0 Å². The van der Waals surface area contributed by atoms with E-state index in [0.717, 1.165) is 33.1 Å². The highest BCUT2D eigenvalue weighted by Crippen LogP contribution is 2.34. The summed E-state index contributed by atoms with van der Waals surface area (Å²) in [6.07, 6.45) is 1.90. The first-order valence-electron chi connectivity index (χ1n) is 8.85. The second-order valence-corrected chi connectivity index (χ2v) is 6.92. The molecule has 0 aliphatic rings. The summed E-state index contributed by atoms with van der Waals surface area (Å²) < 4.78 is 0. The normalized spacial score (nSPS) is 11.5. The molecule has 0 fully saturated rings. The summed E-state index contributed by atoms with van der Waals surface area (Å²) in [6.45, 7) is 4.24. The zero-order valence-electron chi connectivity index (χ0n) is 14.8. The fourth-order valence-corrected chi connectivity index (χ4v) is 3.88. The van der Waals surface area contributed by atoms with E-state index >= 15 is 0 Å². The van der Waals surface area contributed by atoms with Crippen molar-refractivity contribution in [1.29, 1.82) is 0 Å². The summed E-state index contributed by atoms with van der Waals surface area (Å²) in [5.41, 5.74) is 6.46. The number of hydrogen-bond acceptors (Lipinski definition) is 2. The number of fused-ring (bicyclic) bond motifs is 6. The molecule has 2 heteroatoms. The topological polar surface area (TPSA) is 25.8 Å². The molecule has 4 aromatic carbocycles. The van der Waals surface area contributed by atoms with E-state index in [9.17, 15) is 0 Å². The van der Waals surface area contributed by atoms with Crippen LogP contribution in [0.25, 0.3) is 43.8 Å². The smallest absolute Gasteiger partial charge is 0.0979 e. The molecule has 0 bridgehead atoms. The fraction of sp³-hybridized carbons (Fsp3) is 0.0833. The molecule has 1 heterocycles. The van der Waals surface area contributed by atoms with Crippen molar-refractivity contribution in [2.45, 2.75) is 13.8 Å². The second kappa shape index (κ2) is 5.63. The van der Waals surface area contributed by atoms with Gasteiger partial charge < -0.3 is 0 Å². The predicted octanol–water partition coefficient (Wildman–Crippen LogP) is 6.22. The van der Waals surface area contributed by atoms with Gasteiger partial charge in [-0.05, 0) is 36.8 Å². The van der Waals surface area contributed by atoms with Gasteiger partial charge in [0.05, 0.1) is 22.9 Å². The van der Waals surface area contributed by atoms with Crippen LogP contribution in [0.5, 0.6) is 0 Å². The Bertz CT molecular complexity index is 1250. The molecular weight excluding hydrogens is 316 g/mol. The zero-order chi connectivity index (χ0) is 17.7. The third kappa shape index (κ3) is 2.26. The molecule has 0 aliphatic carbocycles. The van der Waals surface area contributed by atoms with Crippen LogP contribution in [0, 0.1) is 13.8 Å². The minimum Gasteiger partial charge on any atom is -0.252 e. The number of nitrogens with zero attached hydrogens (tertiary/aromatic N) is 2. The number of aromatic nitrogens is 2. The molecule has 0 aliphatic heterocycles. The lowest BCUT2D eigenvalue weighted by atomic mass is 9.99. The first-order valence-corrected chi connectivity index (χ1v) is 8.85. The summed E-state index contributed by atoms with van der Waals surface area (Å²) in [4.78, 5) is 9.88. The number of hydrogen-bond donors (Lipinski definition) is 0. The Labute approximate surface area is 152 Å². The van der Waals surface area contributed by atoms with Gasteiger partial charge in [-0.15, -0.1) is 0 Å². The average Bonchev–Trinajstić information content (AvgIpc) is 2.67. The summed E-state index contributed by atoms with van der Waals surface area (Å²) >= 11 is 0. The maximum Gasteiger partial charge on any atom is 0.0979 e. The van der Waals surface area contributed by atoms with E-state index in [2.05, 4.69) is 80.6 Å². The van der Waals surface area contributed by atoms with E-state index in [-0.39, 0.29) is 0 Å². The Kier molecular flexibility index (Phi) is 3.26. The van der Waals surface area contributed by atoms with Crippen LogP contribution in [-0.4, -0.2) is 9.97 Å². The molecule has 0 spiro atoms. The van der Waals surface area contributed by atoms with E-state index < -0.39 is 0 Å². The fourth-order valence-electron chi connectivity index (χ4n) is 3.88. The maximum atomic E-state index is 5.04. The Morgan fingerprint density at radius 1 is 0.615 bits per heavy atom. The van der Waals surface area contributed by atoms with Crippen LogP contribution >= 0.6 is 0 Å². The highest BCUT2D eigenvalue weighted by molar-refractivity contribution is 6.23. The Morgan fingerprint density at radius 2 is 1.15 bits per heavy atom. The van der Waals surface area contributed by atoms with Crippen molar-refractivity contribution in [2.75, 3.05) is 0 Å². The highest BCUT2D eigenvalue weighted by Gasteiger charge is 2.12. The van der Waals surface area contributed by atoms with Gasteiger partial charge in [-0.2, -0.15) is 0 Å². The quantitative estimate of drug-likeness (QED) is 0.340. The Balaban J connectivity index is 1.92. The van der Waals surface area contributed by atoms with Gasteiger partial charge in [0, 0.05) is 16.3 Å². The van der Waals surface area contributed by atoms with Crippen molar-refractivity contribution in [1.82, 2.24) is 9.97 Å². The molecular formula is C24H18N2. The molecule has 0 unspecified atom stereocenters. The molecule has 0 saturated heterocycles. The lowest BCUT2D eigenvalue weighted by Gasteiger charge is -2.11. The van der Waals surface area contributed by atoms with Crippen LogP contribution in [0.2, 0.25) is 0 Å². The monoisotopic (exact) mass is 334 g/mol. The summed E-state index contributed by atoms with van der Waals surface area (Å²) in [5, 5.41) is 4.76. The van der Waals surface area contributed by atoms with Gasteiger partial charge in [0.1, 0.15) is 0 Å². The van der Waals surface area contributed by atoms with Crippen molar-refractivity contribution >= 4 is 32.6 Å². The minimum atomic E-state index is 0.921. The maximum absolute atomic E-state index is 5.04. The number of benzene rings is 4. The summed E-state index contributed by atoms with van der Waals surface area (Å²) in [7, 11) is 0. The first-order chi connectivity index (χ1) is 12.7. The average molecular weight is 334 g/mol. The van der Waals surface area contributed by atoms with Crippen molar-refractivity contribution in [2.24, 2.45) is 0 Å². The molecule has 0 atom stereocenters. The third-order valence-corrected chi connectivity index (χ3v) is 4.94. The van der Waals surface area contributed by atoms with Crippen LogP contribution in [0.3, 0.4) is 0 Å². The number of rotatable bonds is 1. The molecule has 0 N–H and O–H groups in total. The molecule has 26 heavy (non-hydrogen) atoms. The Hall–Kier alpha value is -3.26. The molecule has 1 aromatic heterocycles. The predicted molar refractivity (Wildman–Crippen MR) is 109 cm³/mol. The lowest BCUT2D eigenvalue weighted by Crippen LogP contribution is -1.93. The zero-order valence-corrected chi connectivity index (χ0v) is 14.8. The molecule has 0 amide bonds. The number of aryl methyl sites for hydroxylation is 2. The van der Waals surface area contributed by atoms with Gasteiger partial charge in [0.15, 0.2) is 0 Å². The molecule has 5 aromatic rings. The van der Waals surface area contributed by atoms with Gasteiger partial charge in [0.25, 0.3) is 0 Å². The van der Waals surface area contributed by atoms with Gasteiger partial charge in [-0.3, -0.25) is 4.98 Å². The van der Waals surface area contributed by atoms with Gasteiger partial charge in [-0.1, -0.05) is 65.7 Å². The summed E-state index contributed by atoms with van der Waals surface area (Å²) in [5.74, 6) is 0. The highest BCUT2D eigenvalue weighted by atomic mass is 14.8.